The van der Waals surface area contributed by atoms with Gasteiger partial charge >= 0.3 is 0 Å². The Kier molecular flexibility index (Phi) is 4.41. The molecule has 0 atom stereocenters. The highest BCUT2D eigenvalue weighted by Gasteiger charge is 2.18. The van der Waals surface area contributed by atoms with Crippen LogP contribution in [0.3, 0.4) is 0 Å². The van der Waals surface area contributed by atoms with Gasteiger partial charge in [0.2, 0.25) is 0 Å². The topological polar surface area (TPSA) is 58.1 Å². The van der Waals surface area contributed by atoms with Crippen molar-refractivity contribution in [2.24, 2.45) is 0 Å². The molecule has 5 heteroatoms. The highest BCUT2D eigenvalue weighted by atomic mass is 16.1. The second-order valence-electron chi connectivity index (χ2n) is 7.21. The Bertz CT molecular complexity index is 1200. The van der Waals surface area contributed by atoms with Gasteiger partial charge in [-0.25, -0.2) is 0 Å². The van der Waals surface area contributed by atoms with Gasteiger partial charge in [-0.2, -0.15) is 0 Å². The monoisotopic (exact) mass is 380 g/mol. The maximum absolute atomic E-state index is 12.9. The Labute approximate surface area is 169 Å². The summed E-state index contributed by atoms with van der Waals surface area (Å²) in [5.74, 6) is -0.185. The van der Waals surface area contributed by atoms with Crippen LogP contribution in [0, 0.1) is 0 Å². The van der Waals surface area contributed by atoms with Crippen molar-refractivity contribution in [3.8, 4) is 0 Å². The number of hydrogen-bond donors (Lipinski definition) is 1. The van der Waals surface area contributed by atoms with Crippen LogP contribution in [-0.2, 0) is 13.0 Å². The molecule has 0 saturated heterocycles. The van der Waals surface area contributed by atoms with Crippen LogP contribution in [0.4, 0.5) is 11.4 Å². The highest BCUT2D eigenvalue weighted by molar-refractivity contribution is 6.08. The third kappa shape index (κ3) is 3.43. The number of fused-ring (bicyclic) bond motifs is 2. The number of carbonyl (C=O) groups excluding carboxylic acids is 1. The third-order valence-corrected chi connectivity index (χ3v) is 5.36. The molecule has 0 radical (unpaired) electrons. The first-order chi connectivity index (χ1) is 14.3. The van der Waals surface area contributed by atoms with Crippen LogP contribution in [0.1, 0.15) is 21.5 Å². The smallest absolute Gasteiger partial charge is 0.257 e. The number of amides is 1. The first kappa shape index (κ1) is 17.4. The van der Waals surface area contributed by atoms with E-state index in [0.717, 1.165) is 36.1 Å². The largest absolute Gasteiger partial charge is 0.366 e. The summed E-state index contributed by atoms with van der Waals surface area (Å²) in [6.45, 7) is 1.74. The molecule has 4 aromatic rings. The number of pyridine rings is 2. The third-order valence-electron chi connectivity index (χ3n) is 5.36. The summed E-state index contributed by atoms with van der Waals surface area (Å²) >= 11 is 0. The molecular weight excluding hydrogens is 360 g/mol. The van der Waals surface area contributed by atoms with Gasteiger partial charge in [0.25, 0.3) is 5.91 Å². The van der Waals surface area contributed by atoms with Crippen molar-refractivity contribution in [2.45, 2.75) is 13.0 Å². The van der Waals surface area contributed by atoms with Gasteiger partial charge in [0.05, 0.1) is 28.7 Å². The van der Waals surface area contributed by atoms with Crippen LogP contribution >= 0.6 is 0 Å². The first-order valence-electron chi connectivity index (χ1n) is 9.70. The van der Waals surface area contributed by atoms with Gasteiger partial charge in [0.1, 0.15) is 0 Å². The second-order valence-corrected chi connectivity index (χ2v) is 7.21. The lowest BCUT2D eigenvalue weighted by molar-refractivity contribution is 0.102. The Balaban J connectivity index is 1.39. The van der Waals surface area contributed by atoms with Crippen LogP contribution in [0.5, 0.6) is 0 Å². The summed E-state index contributed by atoms with van der Waals surface area (Å²) in [6, 6.07) is 20.1. The standard InChI is InChI=1S/C24H20N4O/c29-24(27-22-9-3-7-18-8-4-11-26-23(18)22)20-13-21(15-25-14-20)28-12-10-17-5-1-2-6-19(17)16-28/h1-9,11,13-15H,10,12,16H2,(H,27,29). The Morgan fingerprint density at radius 3 is 2.76 bits per heavy atom. The molecule has 5 nitrogen and oxygen atoms in total. The normalized spacial score (nSPS) is 13.2. The zero-order valence-corrected chi connectivity index (χ0v) is 15.9. The molecule has 2 aromatic heterocycles. The summed E-state index contributed by atoms with van der Waals surface area (Å²) in [6.07, 6.45) is 6.15. The predicted octanol–water partition coefficient (Wildman–Crippen LogP) is 4.44. The van der Waals surface area contributed by atoms with Gasteiger partial charge in [-0.1, -0.05) is 42.5 Å². The second kappa shape index (κ2) is 7.36. The van der Waals surface area contributed by atoms with Gasteiger partial charge in [-0.3, -0.25) is 14.8 Å². The fourth-order valence-electron chi connectivity index (χ4n) is 3.84. The molecule has 29 heavy (non-hydrogen) atoms. The maximum atomic E-state index is 12.9. The summed E-state index contributed by atoms with van der Waals surface area (Å²) in [4.78, 5) is 23.9. The Morgan fingerprint density at radius 2 is 1.83 bits per heavy atom. The highest BCUT2D eigenvalue weighted by Crippen LogP contribution is 2.25. The summed E-state index contributed by atoms with van der Waals surface area (Å²) in [5, 5.41) is 3.98. The van der Waals surface area contributed by atoms with E-state index in [2.05, 4.69) is 44.5 Å². The van der Waals surface area contributed by atoms with E-state index >= 15 is 0 Å². The maximum Gasteiger partial charge on any atom is 0.257 e. The van der Waals surface area contributed by atoms with Crippen molar-refractivity contribution in [2.75, 3.05) is 16.8 Å². The molecule has 0 aliphatic carbocycles. The Hall–Kier alpha value is -3.73. The quantitative estimate of drug-likeness (QED) is 0.571. The number of hydrogen-bond acceptors (Lipinski definition) is 4. The first-order valence-corrected chi connectivity index (χ1v) is 9.70. The average Bonchev–Trinajstić information content (AvgIpc) is 2.79. The van der Waals surface area contributed by atoms with E-state index in [0.29, 0.717) is 11.3 Å². The number of rotatable bonds is 3. The van der Waals surface area contributed by atoms with Crippen molar-refractivity contribution in [1.82, 2.24) is 9.97 Å². The molecular formula is C24H20N4O. The predicted molar refractivity (Wildman–Crippen MR) is 115 cm³/mol. The molecule has 3 heterocycles. The lowest BCUT2D eigenvalue weighted by atomic mass is 9.99. The molecule has 2 aromatic carbocycles. The molecule has 0 fully saturated rings. The molecule has 142 valence electrons. The summed E-state index contributed by atoms with van der Waals surface area (Å²) < 4.78 is 0. The molecule has 1 amide bonds. The lowest BCUT2D eigenvalue weighted by Gasteiger charge is -2.30. The molecule has 0 saturated carbocycles. The van der Waals surface area contributed by atoms with Crippen LogP contribution in [-0.4, -0.2) is 22.4 Å². The fraction of sp³-hybridized carbons (Fsp3) is 0.125. The van der Waals surface area contributed by atoms with Crippen LogP contribution < -0.4 is 10.2 Å². The van der Waals surface area contributed by atoms with Gasteiger partial charge in [0.15, 0.2) is 0 Å². The Morgan fingerprint density at radius 1 is 0.966 bits per heavy atom. The van der Waals surface area contributed by atoms with E-state index in [9.17, 15) is 4.79 Å². The van der Waals surface area contributed by atoms with E-state index < -0.39 is 0 Å². The van der Waals surface area contributed by atoms with Crippen molar-refractivity contribution in [1.29, 1.82) is 0 Å². The fourth-order valence-corrected chi connectivity index (χ4v) is 3.84. The van der Waals surface area contributed by atoms with E-state index in [1.807, 2.05) is 42.6 Å². The number of aromatic nitrogens is 2. The van der Waals surface area contributed by atoms with Gasteiger partial charge in [0, 0.05) is 30.9 Å². The summed E-state index contributed by atoms with van der Waals surface area (Å²) in [5.41, 5.74) is 5.70. The van der Waals surface area contributed by atoms with Gasteiger partial charge < -0.3 is 10.2 Å². The lowest BCUT2D eigenvalue weighted by Crippen LogP contribution is -2.30. The number of carbonyl (C=O) groups is 1. The molecule has 0 unspecified atom stereocenters. The number of nitrogens with zero attached hydrogens (tertiary/aromatic N) is 3. The molecule has 1 N–H and O–H groups in total. The molecule has 1 aliphatic heterocycles. The van der Waals surface area contributed by atoms with Crippen molar-refractivity contribution >= 4 is 28.2 Å². The van der Waals surface area contributed by atoms with E-state index in [1.54, 1.807) is 12.4 Å². The minimum Gasteiger partial charge on any atom is -0.366 e. The summed E-state index contributed by atoms with van der Waals surface area (Å²) in [7, 11) is 0. The van der Waals surface area contributed by atoms with Gasteiger partial charge in [-0.05, 0) is 35.7 Å². The van der Waals surface area contributed by atoms with Crippen LogP contribution in [0.25, 0.3) is 10.9 Å². The zero-order valence-electron chi connectivity index (χ0n) is 15.9. The molecule has 5 rings (SSSR count). The SMILES string of the molecule is O=C(Nc1cccc2cccnc12)c1cncc(N2CCc3ccccc3C2)c1. The van der Waals surface area contributed by atoms with E-state index in [1.165, 1.54) is 11.1 Å². The van der Waals surface area contributed by atoms with Crippen molar-refractivity contribution in [3.05, 3.63) is 95.9 Å². The minimum absolute atomic E-state index is 0.185. The van der Waals surface area contributed by atoms with E-state index in [4.69, 9.17) is 0 Å². The number of anilines is 2. The van der Waals surface area contributed by atoms with E-state index in [-0.39, 0.29) is 5.91 Å². The number of nitrogens with one attached hydrogen (secondary N) is 1. The molecule has 0 spiro atoms. The minimum atomic E-state index is -0.185. The molecule has 1 aliphatic rings. The van der Waals surface area contributed by atoms with Gasteiger partial charge in [-0.15, -0.1) is 0 Å². The number of benzene rings is 2. The van der Waals surface area contributed by atoms with Crippen LogP contribution in [0.15, 0.2) is 79.3 Å². The van der Waals surface area contributed by atoms with Crippen LogP contribution in [0.2, 0.25) is 0 Å². The number of para-hydroxylation sites is 1. The van der Waals surface area contributed by atoms with Crippen molar-refractivity contribution < 1.29 is 4.79 Å². The zero-order chi connectivity index (χ0) is 19.6. The molecule has 0 bridgehead atoms. The average molecular weight is 380 g/mol. The van der Waals surface area contributed by atoms with Crippen molar-refractivity contribution in [3.63, 3.8) is 0 Å².